The van der Waals surface area contributed by atoms with E-state index in [0.717, 1.165) is 42.6 Å². The number of nitrogens with zero attached hydrogens (tertiary/aromatic N) is 1. The number of para-hydroxylation sites is 1. The average molecular weight is 497 g/mol. The lowest BCUT2D eigenvalue weighted by atomic mass is 10.0. The fourth-order valence-corrected chi connectivity index (χ4v) is 5.30. The largest absolute Gasteiger partial charge is 0.466 e. The zero-order chi connectivity index (χ0) is 25.8. The third-order valence-corrected chi connectivity index (χ3v) is 7.20. The minimum atomic E-state index is -0.357. The van der Waals surface area contributed by atoms with Gasteiger partial charge in [0.1, 0.15) is 5.69 Å². The summed E-state index contributed by atoms with van der Waals surface area (Å²) < 4.78 is 4.71. The number of benzene rings is 2. The number of H-pyrrole nitrogens is 2. The van der Waals surface area contributed by atoms with Crippen LogP contribution in [0, 0.1) is 0 Å². The van der Waals surface area contributed by atoms with Gasteiger partial charge in [0.05, 0.1) is 7.11 Å². The Balaban J connectivity index is 1.39. The van der Waals surface area contributed by atoms with E-state index >= 15 is 0 Å². The number of aryl methyl sites for hydroxylation is 1. The predicted octanol–water partition coefficient (Wildman–Crippen LogP) is 4.77. The molecule has 5 rings (SSSR count). The molecule has 190 valence electrons. The van der Waals surface area contributed by atoms with Crippen LogP contribution in [0.1, 0.15) is 50.9 Å². The Labute approximate surface area is 216 Å². The van der Waals surface area contributed by atoms with Crippen LogP contribution in [0.2, 0.25) is 0 Å². The number of esters is 1. The van der Waals surface area contributed by atoms with Crippen LogP contribution in [0.15, 0.2) is 66.9 Å². The van der Waals surface area contributed by atoms with Crippen molar-refractivity contribution < 1.29 is 14.3 Å². The summed E-state index contributed by atoms with van der Waals surface area (Å²) in [4.78, 5) is 32.8. The molecule has 1 unspecified atom stereocenters. The SMILES string of the molecule is CNC(=O)c1ccc(CN(CCc2c[nH]c3ccccc23)C2CCc3cc(C=CC(=O)OC)ccc32)[nH]1. The molecule has 1 aliphatic carbocycles. The number of hydrogen-bond acceptors (Lipinski definition) is 4. The lowest BCUT2D eigenvalue weighted by molar-refractivity contribution is -0.134. The zero-order valence-corrected chi connectivity index (χ0v) is 21.2. The second kappa shape index (κ2) is 10.9. The third kappa shape index (κ3) is 5.37. The monoisotopic (exact) mass is 496 g/mol. The Hall–Kier alpha value is -4.10. The molecule has 2 aromatic carbocycles. The highest BCUT2D eigenvalue weighted by Crippen LogP contribution is 2.37. The number of nitrogens with one attached hydrogen (secondary N) is 3. The summed E-state index contributed by atoms with van der Waals surface area (Å²) >= 11 is 0. The van der Waals surface area contributed by atoms with Crippen molar-refractivity contribution >= 4 is 28.9 Å². The lowest BCUT2D eigenvalue weighted by Gasteiger charge is -2.29. The maximum atomic E-state index is 12.1. The molecule has 0 spiro atoms. The van der Waals surface area contributed by atoms with Gasteiger partial charge in [-0.25, -0.2) is 4.79 Å². The molecule has 7 nitrogen and oxygen atoms in total. The quantitative estimate of drug-likeness (QED) is 0.230. The van der Waals surface area contributed by atoms with Crippen molar-refractivity contribution in [2.45, 2.75) is 31.8 Å². The fraction of sp³-hybridized carbons (Fsp3) is 0.267. The van der Waals surface area contributed by atoms with Gasteiger partial charge in [0.2, 0.25) is 0 Å². The number of rotatable bonds is 9. The van der Waals surface area contributed by atoms with E-state index in [1.54, 1.807) is 13.1 Å². The Morgan fingerprint density at radius 1 is 1.16 bits per heavy atom. The number of carbonyl (C=O) groups excluding carboxylic acids is 2. The molecule has 0 saturated heterocycles. The summed E-state index contributed by atoms with van der Waals surface area (Å²) in [5.41, 5.74) is 7.68. The molecule has 7 heteroatoms. The highest BCUT2D eigenvalue weighted by atomic mass is 16.5. The van der Waals surface area contributed by atoms with Gasteiger partial charge in [-0.1, -0.05) is 36.4 Å². The van der Waals surface area contributed by atoms with Crippen LogP contribution in [-0.4, -0.2) is 47.4 Å². The molecule has 0 fully saturated rings. The van der Waals surface area contributed by atoms with Crippen molar-refractivity contribution in [1.82, 2.24) is 20.2 Å². The van der Waals surface area contributed by atoms with Gasteiger partial charge >= 0.3 is 5.97 Å². The second-order valence-electron chi connectivity index (χ2n) is 9.43. The maximum absolute atomic E-state index is 12.1. The second-order valence-corrected chi connectivity index (χ2v) is 9.43. The van der Waals surface area contributed by atoms with E-state index in [0.29, 0.717) is 12.2 Å². The van der Waals surface area contributed by atoms with Crippen molar-refractivity contribution in [2.75, 3.05) is 20.7 Å². The van der Waals surface area contributed by atoms with Gasteiger partial charge in [0.15, 0.2) is 0 Å². The van der Waals surface area contributed by atoms with Gasteiger partial charge in [-0.15, -0.1) is 0 Å². The van der Waals surface area contributed by atoms with Gasteiger partial charge in [0, 0.05) is 55.0 Å². The summed E-state index contributed by atoms with van der Waals surface area (Å²) in [7, 11) is 3.02. The molecule has 2 aromatic heterocycles. The maximum Gasteiger partial charge on any atom is 0.330 e. The highest BCUT2D eigenvalue weighted by molar-refractivity contribution is 5.92. The topological polar surface area (TPSA) is 90.2 Å². The first kappa shape index (κ1) is 24.6. The molecule has 0 saturated carbocycles. The predicted molar refractivity (Wildman–Crippen MR) is 145 cm³/mol. The Morgan fingerprint density at radius 2 is 2.03 bits per heavy atom. The van der Waals surface area contributed by atoms with E-state index in [9.17, 15) is 9.59 Å². The number of methoxy groups -OCH3 is 1. The molecule has 0 radical (unpaired) electrons. The van der Waals surface area contributed by atoms with Crippen LogP contribution < -0.4 is 5.32 Å². The number of fused-ring (bicyclic) bond motifs is 2. The summed E-state index contributed by atoms with van der Waals surface area (Å²) in [6.07, 6.45) is 8.29. The van der Waals surface area contributed by atoms with Crippen LogP contribution in [0.3, 0.4) is 0 Å². The van der Waals surface area contributed by atoms with Crippen molar-refractivity contribution in [3.8, 4) is 0 Å². The van der Waals surface area contributed by atoms with Gasteiger partial charge < -0.3 is 20.0 Å². The number of ether oxygens (including phenoxy) is 1. The first-order valence-electron chi connectivity index (χ1n) is 12.6. The van der Waals surface area contributed by atoms with Crippen LogP contribution in [0.5, 0.6) is 0 Å². The van der Waals surface area contributed by atoms with Crippen LogP contribution >= 0.6 is 0 Å². The fourth-order valence-electron chi connectivity index (χ4n) is 5.30. The van der Waals surface area contributed by atoms with E-state index in [1.165, 1.54) is 35.3 Å². The Bertz CT molecular complexity index is 1450. The smallest absolute Gasteiger partial charge is 0.330 e. The molecule has 1 amide bonds. The normalized spacial score (nSPS) is 14.9. The first-order valence-corrected chi connectivity index (χ1v) is 12.6. The van der Waals surface area contributed by atoms with E-state index < -0.39 is 0 Å². The molecule has 37 heavy (non-hydrogen) atoms. The minimum absolute atomic E-state index is 0.115. The molecular formula is C30H32N4O3. The molecule has 3 N–H and O–H groups in total. The van der Waals surface area contributed by atoms with Crippen molar-refractivity contribution in [3.63, 3.8) is 0 Å². The summed E-state index contributed by atoms with van der Waals surface area (Å²) in [5.74, 6) is -0.473. The summed E-state index contributed by atoms with van der Waals surface area (Å²) in [5, 5.41) is 3.94. The number of hydrogen-bond donors (Lipinski definition) is 3. The van der Waals surface area contributed by atoms with Crippen molar-refractivity contribution in [3.05, 3.63) is 101 Å². The molecular weight excluding hydrogens is 464 g/mol. The summed E-state index contributed by atoms with van der Waals surface area (Å²) in [6.45, 7) is 1.59. The van der Waals surface area contributed by atoms with Crippen LogP contribution in [-0.2, 0) is 28.9 Å². The molecule has 0 bridgehead atoms. The zero-order valence-electron chi connectivity index (χ0n) is 21.2. The van der Waals surface area contributed by atoms with Gasteiger partial charge in [-0.3, -0.25) is 9.69 Å². The number of carbonyl (C=O) groups is 2. The van der Waals surface area contributed by atoms with Gasteiger partial charge in [0.25, 0.3) is 5.91 Å². The molecule has 1 aliphatic rings. The van der Waals surface area contributed by atoms with Crippen molar-refractivity contribution in [2.24, 2.45) is 0 Å². The van der Waals surface area contributed by atoms with Crippen LogP contribution in [0.25, 0.3) is 17.0 Å². The number of aromatic nitrogens is 2. The molecule has 4 aromatic rings. The molecule has 1 atom stereocenters. The minimum Gasteiger partial charge on any atom is -0.466 e. The Kier molecular flexibility index (Phi) is 7.23. The number of aromatic amines is 2. The van der Waals surface area contributed by atoms with E-state index in [2.05, 4.69) is 62.8 Å². The van der Waals surface area contributed by atoms with E-state index in [1.807, 2.05) is 18.2 Å². The standard InChI is InChI=1S/C30H32N4O3/c1-31-30(36)27-12-10-23(33-27)19-34(16-15-22-18-32-26-6-4-3-5-24(22)26)28-13-9-21-17-20(7-11-25(21)28)8-14-29(35)37-2/h3-8,10-12,14,17-18,28,32-33H,9,13,15-16,19H2,1-2H3,(H,31,36). The first-order chi connectivity index (χ1) is 18.1. The summed E-state index contributed by atoms with van der Waals surface area (Å²) in [6, 6.07) is 18.9. The van der Waals surface area contributed by atoms with E-state index in [4.69, 9.17) is 4.74 Å². The van der Waals surface area contributed by atoms with Crippen LogP contribution in [0.4, 0.5) is 0 Å². The van der Waals surface area contributed by atoms with Gasteiger partial charge in [-0.2, -0.15) is 0 Å². The lowest BCUT2D eigenvalue weighted by Crippen LogP contribution is -2.29. The number of amides is 1. The average Bonchev–Trinajstić information content (AvgIpc) is 3.67. The molecule has 0 aliphatic heterocycles. The van der Waals surface area contributed by atoms with Crippen molar-refractivity contribution in [1.29, 1.82) is 0 Å². The molecule has 2 heterocycles. The highest BCUT2D eigenvalue weighted by Gasteiger charge is 2.28. The van der Waals surface area contributed by atoms with E-state index in [-0.39, 0.29) is 17.9 Å². The third-order valence-electron chi connectivity index (χ3n) is 7.20. The van der Waals surface area contributed by atoms with Gasteiger partial charge in [-0.05, 0) is 65.8 Å². The Morgan fingerprint density at radius 3 is 2.86 bits per heavy atom.